The van der Waals surface area contributed by atoms with Gasteiger partial charge in [-0.2, -0.15) is 0 Å². The van der Waals surface area contributed by atoms with Gasteiger partial charge < -0.3 is 27.4 Å². The lowest BCUT2D eigenvalue weighted by molar-refractivity contribution is 1.01. The van der Waals surface area contributed by atoms with Gasteiger partial charge in [-0.15, -0.1) is 0 Å². The summed E-state index contributed by atoms with van der Waals surface area (Å²) in [6.45, 7) is 20.1. The topological polar surface area (TPSA) is 29.6 Å². The molecule has 0 spiro atoms. The number of rotatable bonds is 14. The zero-order valence-electron chi connectivity index (χ0n) is 68.1. The van der Waals surface area contributed by atoms with Gasteiger partial charge in [-0.05, 0) is 317 Å². The monoisotopic (exact) mass is 1500 g/mol. The number of hydrogen-bond acceptors (Lipinski definition) is 0. The summed E-state index contributed by atoms with van der Waals surface area (Å²) in [5, 5.41) is 20.7. The van der Waals surface area contributed by atoms with Crippen LogP contribution in [0, 0.1) is 6.92 Å². The molecule has 6 heteroatoms. The molecule has 22 aromatic rings. The summed E-state index contributed by atoms with van der Waals surface area (Å²) < 4.78 is 14.8. The van der Waals surface area contributed by atoms with Crippen molar-refractivity contribution in [1.29, 1.82) is 0 Å². The first-order chi connectivity index (χ1) is 56.9. The number of aryl methyl sites for hydroxylation is 10. The lowest BCUT2D eigenvalue weighted by Gasteiger charge is -2.14. The van der Waals surface area contributed by atoms with Crippen LogP contribution < -0.4 is 0 Å². The van der Waals surface area contributed by atoms with Crippen molar-refractivity contribution in [2.75, 3.05) is 0 Å². The predicted molar refractivity (Wildman–Crippen MR) is 499 cm³/mol. The van der Waals surface area contributed by atoms with Crippen molar-refractivity contribution in [3.8, 4) is 39.6 Å². The number of nitrogens with zero attached hydrogens (tertiary/aromatic N) is 6. The molecule has 0 aliphatic carbocycles. The largest absolute Gasteiger partial charge is 0.344 e. The Kier molecular flexibility index (Phi) is 17.0. The molecule has 6 nitrogen and oxygen atoms in total. The molecule has 116 heavy (non-hydrogen) atoms. The van der Waals surface area contributed by atoms with Crippen LogP contribution >= 0.6 is 0 Å². The second kappa shape index (κ2) is 27.8. The molecular formula is C110H94N6. The van der Waals surface area contributed by atoms with E-state index in [1.165, 1.54) is 236 Å². The van der Waals surface area contributed by atoms with E-state index in [1.54, 1.807) is 0 Å². The Labute approximate surface area is 676 Å². The van der Waals surface area contributed by atoms with Gasteiger partial charge in [0.1, 0.15) is 0 Å². The number of benzene rings is 16. The van der Waals surface area contributed by atoms with Crippen LogP contribution in [-0.2, 0) is 58.4 Å². The van der Waals surface area contributed by atoms with Crippen molar-refractivity contribution >= 4 is 152 Å². The zero-order chi connectivity index (χ0) is 78.5. The highest BCUT2D eigenvalue weighted by molar-refractivity contribution is 6.18. The summed E-state index contributed by atoms with van der Waals surface area (Å²) in [5.74, 6) is 0. The minimum absolute atomic E-state index is 1.01. The average Bonchev–Trinajstić information content (AvgIpc) is 1.56. The van der Waals surface area contributed by atoms with Gasteiger partial charge in [0.25, 0.3) is 0 Å². The lowest BCUT2D eigenvalue weighted by atomic mass is 9.93. The van der Waals surface area contributed by atoms with Crippen LogP contribution in [0.5, 0.6) is 0 Å². The van der Waals surface area contributed by atoms with Gasteiger partial charge in [-0.25, -0.2) is 0 Å². The van der Waals surface area contributed by atoms with Crippen molar-refractivity contribution in [1.82, 2.24) is 27.4 Å². The summed E-state index contributed by atoms with van der Waals surface area (Å²) >= 11 is 0. The highest BCUT2D eigenvalue weighted by atomic mass is 15.0. The number of hydrogen-bond donors (Lipinski definition) is 0. The van der Waals surface area contributed by atoms with Gasteiger partial charge in [0, 0.05) is 111 Å². The zero-order valence-corrected chi connectivity index (χ0v) is 68.1. The Morgan fingerprint density at radius 1 is 0.181 bits per heavy atom. The summed E-state index contributed by atoms with van der Waals surface area (Å²) in [4.78, 5) is 0. The molecule has 0 amide bonds. The molecule has 564 valence electrons. The van der Waals surface area contributed by atoms with Crippen LogP contribution in [0.2, 0.25) is 0 Å². The maximum Gasteiger partial charge on any atom is 0.0542 e. The summed E-state index contributed by atoms with van der Waals surface area (Å²) in [6, 6.07) is 112. The van der Waals surface area contributed by atoms with Crippen molar-refractivity contribution in [2.24, 2.45) is 7.05 Å². The van der Waals surface area contributed by atoms with Gasteiger partial charge in [0.2, 0.25) is 0 Å². The molecule has 0 saturated heterocycles. The standard InChI is InChI=1S/C65H53N3.C45H41N3/c1-6-41-17-26-60-54(33-41)55-34-42(7-2)18-27-61(55)67(60)48-22-30-64-58(38-48)59-39-49(68-62-28-19-43(8-3)35-56(62)57-36-44(9-4)20-29-63(57)68)23-31-65(59)66(64)47-21-25-51-46(37-47)13-11-15-53(51)52-14-10-12-45-32-40(5)16-24-50(45)52;1-6-28-10-16-42-34(22-28)35-23-29(7-2)11-17-43(35)47(42)32-14-20-40-38(26-32)39-27-33(15-21-41(39)46(40)5)48-44-18-12-30(8-3)24-36(44)37-25-31(9-4)13-19-45(37)48/h10-39H,6-9H2,1-5H3;10-27H,6-9H2,1-5H3. The molecule has 0 radical (unpaired) electrons. The molecule has 0 saturated carbocycles. The van der Waals surface area contributed by atoms with E-state index < -0.39 is 0 Å². The molecule has 22 rings (SSSR count). The first-order valence-corrected chi connectivity index (χ1v) is 42.3. The van der Waals surface area contributed by atoms with Gasteiger partial charge in [0.05, 0.1) is 55.2 Å². The molecule has 16 aromatic carbocycles. The van der Waals surface area contributed by atoms with Crippen LogP contribution in [0.15, 0.2) is 291 Å². The maximum absolute atomic E-state index is 2.49. The van der Waals surface area contributed by atoms with Crippen molar-refractivity contribution < 1.29 is 0 Å². The lowest BCUT2D eigenvalue weighted by Crippen LogP contribution is -1.97. The van der Waals surface area contributed by atoms with E-state index in [-0.39, 0.29) is 0 Å². The van der Waals surface area contributed by atoms with Gasteiger partial charge >= 0.3 is 0 Å². The SMILES string of the molecule is CCc1ccc2c(c1)c1cc(CC)ccc1n2-c1ccc2c(c1)c1cc(-n3c4ccc(CC)cc4c4cc(CC)ccc43)ccc1n2-c1ccc2c(-c3cccc4cc(C)ccc34)cccc2c1.CCc1ccc2c(c1)c1cc(CC)ccc1n2-c1ccc2c(c1)c1cc(-n3c4ccc(CC)cc4c4cc(CC)ccc43)ccc1n2C. The Balaban J connectivity index is 0.000000154. The molecule has 0 atom stereocenters. The molecular weight excluding hydrogens is 1410 g/mol. The van der Waals surface area contributed by atoms with E-state index in [2.05, 4.69) is 388 Å². The second-order valence-electron chi connectivity index (χ2n) is 32.4. The molecule has 0 N–H and O–H groups in total. The molecule has 0 bridgehead atoms. The molecule has 6 heterocycles. The van der Waals surface area contributed by atoms with Crippen molar-refractivity contribution in [3.05, 3.63) is 341 Å². The third-order valence-electron chi connectivity index (χ3n) is 26.0. The van der Waals surface area contributed by atoms with Gasteiger partial charge in [-0.1, -0.05) is 170 Å². The normalized spacial score (nSPS) is 12.2. The summed E-state index contributed by atoms with van der Waals surface area (Å²) in [5.41, 5.74) is 35.5. The minimum Gasteiger partial charge on any atom is -0.344 e. The maximum atomic E-state index is 2.49. The quantitative estimate of drug-likeness (QED) is 0.104. The molecule has 0 aliphatic heterocycles. The van der Waals surface area contributed by atoms with E-state index >= 15 is 0 Å². The van der Waals surface area contributed by atoms with E-state index in [4.69, 9.17) is 0 Å². The molecule has 0 aliphatic rings. The third kappa shape index (κ3) is 11.1. The van der Waals surface area contributed by atoms with Gasteiger partial charge in [0.15, 0.2) is 0 Å². The minimum atomic E-state index is 1.01. The molecule has 0 fully saturated rings. The average molecular weight is 1500 g/mol. The van der Waals surface area contributed by atoms with E-state index in [1.807, 2.05) is 0 Å². The second-order valence-corrected chi connectivity index (χ2v) is 32.4. The Morgan fingerprint density at radius 2 is 0.388 bits per heavy atom. The van der Waals surface area contributed by atoms with Crippen LogP contribution in [0.25, 0.3) is 192 Å². The van der Waals surface area contributed by atoms with E-state index in [0.717, 1.165) is 57.1 Å². The molecule has 0 unspecified atom stereocenters. The predicted octanol–water partition coefficient (Wildman–Crippen LogP) is 29.3. The van der Waals surface area contributed by atoms with E-state index in [9.17, 15) is 0 Å². The molecule has 6 aromatic heterocycles. The number of fused-ring (bicyclic) bond motifs is 20. The van der Waals surface area contributed by atoms with Crippen LogP contribution in [-0.4, -0.2) is 27.4 Å². The summed E-state index contributed by atoms with van der Waals surface area (Å²) in [6.07, 6.45) is 8.17. The highest BCUT2D eigenvalue weighted by Crippen LogP contribution is 2.45. The van der Waals surface area contributed by atoms with Crippen LogP contribution in [0.1, 0.15) is 105 Å². The first kappa shape index (κ1) is 70.7. The fraction of sp³-hybridized carbons (Fsp3) is 0.164. The fourth-order valence-corrected chi connectivity index (χ4v) is 19.7. The first-order valence-electron chi connectivity index (χ1n) is 42.3. The Hall–Kier alpha value is -13.2. The fourth-order valence-electron chi connectivity index (χ4n) is 19.7. The van der Waals surface area contributed by atoms with Gasteiger partial charge in [-0.3, -0.25) is 0 Å². The van der Waals surface area contributed by atoms with Crippen LogP contribution in [0.3, 0.4) is 0 Å². The highest BCUT2D eigenvalue weighted by Gasteiger charge is 2.24. The van der Waals surface area contributed by atoms with Crippen molar-refractivity contribution in [2.45, 2.75) is 114 Å². The van der Waals surface area contributed by atoms with E-state index in [0.29, 0.717) is 0 Å². The van der Waals surface area contributed by atoms with Crippen LogP contribution in [0.4, 0.5) is 0 Å². The Bertz CT molecular complexity index is 7220. The smallest absolute Gasteiger partial charge is 0.0542 e. The Morgan fingerprint density at radius 3 is 0.655 bits per heavy atom. The third-order valence-corrected chi connectivity index (χ3v) is 26.0. The summed E-state index contributed by atoms with van der Waals surface area (Å²) in [7, 11) is 2.20. The number of aromatic nitrogens is 6. The van der Waals surface area contributed by atoms with Crippen molar-refractivity contribution in [3.63, 3.8) is 0 Å².